The van der Waals surface area contributed by atoms with E-state index in [9.17, 15) is 18.3 Å². The van der Waals surface area contributed by atoms with E-state index in [1.54, 1.807) is 33.1 Å². The molecule has 23 heavy (non-hydrogen) atoms. The third-order valence-electron chi connectivity index (χ3n) is 4.51. The highest BCUT2D eigenvalue weighted by Crippen LogP contribution is 2.35. The third-order valence-corrected chi connectivity index (χ3v) is 6.58. The monoisotopic (exact) mass is 341 g/mol. The molecule has 1 aliphatic heterocycles. The van der Waals surface area contributed by atoms with Gasteiger partial charge in [-0.25, -0.2) is 8.42 Å². The SMILES string of the molecule is CCC1C(C(=O)O)CCN1S(=O)(=O)c1cc(C)c(OC)cc1C. The topological polar surface area (TPSA) is 83.9 Å². The molecule has 6 nitrogen and oxygen atoms in total. The summed E-state index contributed by atoms with van der Waals surface area (Å²) in [6.07, 6.45) is 0.825. The first-order valence-electron chi connectivity index (χ1n) is 7.63. The average molecular weight is 341 g/mol. The largest absolute Gasteiger partial charge is 0.496 e. The number of aliphatic carboxylic acids is 1. The van der Waals surface area contributed by atoms with Gasteiger partial charge in [-0.3, -0.25) is 4.79 Å². The highest BCUT2D eigenvalue weighted by atomic mass is 32.2. The van der Waals surface area contributed by atoms with Crippen molar-refractivity contribution in [3.8, 4) is 5.75 Å². The molecule has 0 bridgehead atoms. The van der Waals surface area contributed by atoms with Crippen LogP contribution in [0.3, 0.4) is 0 Å². The molecular weight excluding hydrogens is 318 g/mol. The predicted molar refractivity (Wildman–Crippen MR) is 86.2 cm³/mol. The van der Waals surface area contributed by atoms with Crippen molar-refractivity contribution in [3.63, 3.8) is 0 Å². The summed E-state index contributed by atoms with van der Waals surface area (Å²) in [5.74, 6) is -0.940. The van der Waals surface area contributed by atoms with Crippen LogP contribution in [0.5, 0.6) is 5.75 Å². The number of methoxy groups -OCH3 is 1. The Bertz CT molecular complexity index is 713. The molecule has 0 radical (unpaired) electrons. The number of benzene rings is 1. The van der Waals surface area contributed by atoms with Crippen molar-refractivity contribution in [2.75, 3.05) is 13.7 Å². The molecule has 1 saturated heterocycles. The number of carboxylic acid groups (broad SMARTS) is 1. The van der Waals surface area contributed by atoms with Gasteiger partial charge in [-0.05, 0) is 49.9 Å². The number of sulfonamides is 1. The molecule has 128 valence electrons. The van der Waals surface area contributed by atoms with E-state index in [0.29, 0.717) is 24.2 Å². The van der Waals surface area contributed by atoms with Gasteiger partial charge in [-0.1, -0.05) is 6.92 Å². The lowest BCUT2D eigenvalue weighted by molar-refractivity contribution is -0.142. The Kier molecular flexibility index (Phi) is 5.01. The second-order valence-corrected chi connectivity index (χ2v) is 7.77. The van der Waals surface area contributed by atoms with Crippen molar-refractivity contribution in [2.45, 2.75) is 44.6 Å². The van der Waals surface area contributed by atoms with Crippen LogP contribution in [0.1, 0.15) is 30.9 Å². The summed E-state index contributed by atoms with van der Waals surface area (Å²) in [4.78, 5) is 11.6. The maximum absolute atomic E-state index is 13.0. The maximum Gasteiger partial charge on any atom is 0.308 e. The molecule has 1 N–H and O–H groups in total. The summed E-state index contributed by atoms with van der Waals surface area (Å²) >= 11 is 0. The highest BCUT2D eigenvalue weighted by molar-refractivity contribution is 7.89. The first-order valence-corrected chi connectivity index (χ1v) is 9.07. The second-order valence-electron chi connectivity index (χ2n) is 5.91. The van der Waals surface area contributed by atoms with Gasteiger partial charge in [0.2, 0.25) is 10.0 Å². The molecule has 0 saturated carbocycles. The fraction of sp³-hybridized carbons (Fsp3) is 0.562. The van der Waals surface area contributed by atoms with Crippen molar-refractivity contribution < 1.29 is 23.1 Å². The fourth-order valence-corrected chi connectivity index (χ4v) is 5.33. The smallest absolute Gasteiger partial charge is 0.308 e. The lowest BCUT2D eigenvalue weighted by Crippen LogP contribution is -2.39. The third kappa shape index (κ3) is 3.07. The molecular formula is C16H23NO5S. The van der Waals surface area contributed by atoms with Gasteiger partial charge >= 0.3 is 5.97 Å². The van der Waals surface area contributed by atoms with Crippen LogP contribution in [-0.4, -0.2) is 43.5 Å². The molecule has 0 amide bonds. The van der Waals surface area contributed by atoms with E-state index in [0.717, 1.165) is 5.56 Å². The van der Waals surface area contributed by atoms with Gasteiger partial charge < -0.3 is 9.84 Å². The molecule has 2 atom stereocenters. The van der Waals surface area contributed by atoms with E-state index in [2.05, 4.69) is 0 Å². The van der Waals surface area contributed by atoms with Crippen molar-refractivity contribution in [1.82, 2.24) is 4.31 Å². The average Bonchev–Trinajstić information content (AvgIpc) is 2.93. The van der Waals surface area contributed by atoms with Crippen LogP contribution in [0.4, 0.5) is 0 Å². The second kappa shape index (κ2) is 6.49. The van der Waals surface area contributed by atoms with Crippen LogP contribution in [0.15, 0.2) is 17.0 Å². The molecule has 1 heterocycles. The number of aryl methyl sites for hydroxylation is 2. The number of hydrogen-bond acceptors (Lipinski definition) is 4. The van der Waals surface area contributed by atoms with E-state index in [-0.39, 0.29) is 11.4 Å². The predicted octanol–water partition coefficient (Wildman–Crippen LogP) is 2.19. The Balaban J connectivity index is 2.47. The van der Waals surface area contributed by atoms with Crippen LogP contribution in [0.2, 0.25) is 0 Å². The van der Waals surface area contributed by atoms with Crippen LogP contribution in [0.25, 0.3) is 0 Å². The zero-order valence-corrected chi connectivity index (χ0v) is 14.7. The molecule has 2 rings (SSSR count). The molecule has 7 heteroatoms. The molecule has 1 aromatic rings. The molecule has 1 fully saturated rings. The lowest BCUT2D eigenvalue weighted by Gasteiger charge is -2.26. The van der Waals surface area contributed by atoms with Crippen LogP contribution in [-0.2, 0) is 14.8 Å². The van der Waals surface area contributed by atoms with Gasteiger partial charge in [0.1, 0.15) is 5.75 Å². The van der Waals surface area contributed by atoms with Crippen molar-refractivity contribution in [2.24, 2.45) is 5.92 Å². The standard InChI is InChI=1S/C16H23NO5S/c1-5-13-12(16(18)19)6-7-17(13)23(20,21)15-9-10(2)14(22-4)8-11(15)3/h8-9,12-13H,5-7H2,1-4H3,(H,18,19). The molecule has 1 aliphatic rings. The quantitative estimate of drug-likeness (QED) is 0.887. The van der Waals surface area contributed by atoms with Crippen LogP contribution in [0, 0.1) is 19.8 Å². The number of carbonyl (C=O) groups is 1. The summed E-state index contributed by atoms with van der Waals surface area (Å²) in [5.41, 5.74) is 1.33. The van der Waals surface area contributed by atoms with Crippen molar-refractivity contribution >= 4 is 16.0 Å². The number of hydrogen-bond donors (Lipinski definition) is 1. The van der Waals surface area contributed by atoms with Gasteiger partial charge in [0.05, 0.1) is 17.9 Å². The zero-order valence-electron chi connectivity index (χ0n) is 13.9. The molecule has 1 aromatic carbocycles. The Hall–Kier alpha value is -1.60. The van der Waals surface area contributed by atoms with Crippen molar-refractivity contribution in [1.29, 1.82) is 0 Å². The highest BCUT2D eigenvalue weighted by Gasteiger charge is 2.44. The number of carboxylic acids is 1. The summed E-state index contributed by atoms with van der Waals surface area (Å²) < 4.78 is 32.6. The van der Waals surface area contributed by atoms with Gasteiger partial charge in [0, 0.05) is 12.6 Å². The van der Waals surface area contributed by atoms with Gasteiger partial charge in [0.15, 0.2) is 0 Å². The number of nitrogens with zero attached hydrogens (tertiary/aromatic N) is 1. The normalized spacial score (nSPS) is 22.3. The first-order chi connectivity index (χ1) is 10.7. The number of rotatable bonds is 5. The van der Waals surface area contributed by atoms with E-state index in [1.807, 2.05) is 6.92 Å². The molecule has 2 unspecified atom stereocenters. The summed E-state index contributed by atoms with van der Waals surface area (Å²) in [6.45, 7) is 5.57. The molecule has 0 spiro atoms. The van der Waals surface area contributed by atoms with Crippen molar-refractivity contribution in [3.05, 3.63) is 23.3 Å². The maximum atomic E-state index is 13.0. The molecule has 0 aromatic heterocycles. The van der Waals surface area contributed by atoms with E-state index in [4.69, 9.17) is 4.74 Å². The minimum absolute atomic E-state index is 0.222. The van der Waals surface area contributed by atoms with Gasteiger partial charge in [0.25, 0.3) is 0 Å². The summed E-state index contributed by atoms with van der Waals surface area (Å²) in [6, 6.07) is 2.80. The van der Waals surface area contributed by atoms with E-state index < -0.39 is 28.0 Å². The van der Waals surface area contributed by atoms with Crippen LogP contribution < -0.4 is 4.74 Å². The van der Waals surface area contributed by atoms with E-state index >= 15 is 0 Å². The molecule has 0 aliphatic carbocycles. The van der Waals surface area contributed by atoms with Gasteiger partial charge in [-0.15, -0.1) is 0 Å². The lowest BCUT2D eigenvalue weighted by atomic mass is 9.99. The van der Waals surface area contributed by atoms with E-state index in [1.165, 1.54) is 4.31 Å². The Morgan fingerprint density at radius 2 is 2.00 bits per heavy atom. The number of ether oxygens (including phenoxy) is 1. The van der Waals surface area contributed by atoms with Crippen LogP contribution >= 0.6 is 0 Å². The Morgan fingerprint density at radius 3 is 2.52 bits per heavy atom. The first kappa shape index (κ1) is 17.7. The Labute approximate surface area is 137 Å². The fourth-order valence-electron chi connectivity index (χ4n) is 3.29. The summed E-state index contributed by atoms with van der Waals surface area (Å²) in [5, 5.41) is 9.30. The minimum Gasteiger partial charge on any atom is -0.496 e. The zero-order chi connectivity index (χ0) is 17.4. The minimum atomic E-state index is -3.73. The summed E-state index contributed by atoms with van der Waals surface area (Å²) in [7, 11) is -2.19. The van der Waals surface area contributed by atoms with Gasteiger partial charge in [-0.2, -0.15) is 4.31 Å². The Morgan fingerprint density at radius 1 is 1.35 bits per heavy atom.